The number of ether oxygens (including phenoxy) is 2. The largest absolute Gasteiger partial charge is 0.497 e. The fourth-order valence-electron chi connectivity index (χ4n) is 3.95. The second kappa shape index (κ2) is 8.23. The Balaban J connectivity index is 1.33. The average Bonchev–Trinajstić information content (AvgIpc) is 3.29. The van der Waals surface area contributed by atoms with E-state index in [2.05, 4.69) is 15.5 Å². The number of hydrogen-bond donors (Lipinski definition) is 2. The molecule has 0 radical (unpaired) electrons. The maximum absolute atomic E-state index is 12.7. The van der Waals surface area contributed by atoms with Crippen LogP contribution in [0.4, 0.5) is 0 Å². The Morgan fingerprint density at radius 2 is 1.81 bits per heavy atom. The summed E-state index contributed by atoms with van der Waals surface area (Å²) in [4.78, 5) is 12.7. The lowest BCUT2D eigenvalue weighted by Gasteiger charge is -2.17. The molecule has 0 saturated heterocycles. The normalized spacial score (nSPS) is 12.8. The van der Waals surface area contributed by atoms with E-state index in [0.29, 0.717) is 12.2 Å². The molecule has 3 aromatic carbocycles. The molecule has 2 N–H and O–H groups in total. The molecule has 1 aromatic heterocycles. The molecule has 32 heavy (non-hydrogen) atoms. The standard InChI is InChI=1S/C26H23N3O3/c1-16(17-11-13-20(31-2)14-12-17)27-26(30)19-9-7-18(8-10-19)24-22-15-32-23-6-4-3-5-21(23)25(22)29-28-24/h3-14,16H,15H2,1-2H3,(H,27,30)(H,28,29)/t16-/m0/s1. The first-order valence-corrected chi connectivity index (χ1v) is 10.5. The molecule has 4 aromatic rings. The van der Waals surface area contributed by atoms with Crippen molar-refractivity contribution in [3.8, 4) is 34.0 Å². The molecule has 160 valence electrons. The molecule has 0 spiro atoms. The number of H-pyrrole nitrogens is 1. The minimum Gasteiger partial charge on any atom is -0.497 e. The number of rotatable bonds is 5. The Hall–Kier alpha value is -4.06. The molecule has 0 saturated carbocycles. The third kappa shape index (κ3) is 3.60. The van der Waals surface area contributed by atoms with Gasteiger partial charge in [0, 0.05) is 22.3 Å². The summed E-state index contributed by atoms with van der Waals surface area (Å²) in [6.07, 6.45) is 0. The van der Waals surface area contributed by atoms with Crippen LogP contribution in [0, 0.1) is 0 Å². The quantitative estimate of drug-likeness (QED) is 0.464. The van der Waals surface area contributed by atoms with Crippen LogP contribution in [0.1, 0.15) is 34.5 Å². The van der Waals surface area contributed by atoms with Crippen LogP contribution in [0.25, 0.3) is 22.5 Å². The van der Waals surface area contributed by atoms with Gasteiger partial charge in [-0.05, 0) is 48.9 Å². The SMILES string of the molecule is COc1ccc([C@H](C)NC(=O)c2ccc(-c3n[nH]c4c3COc3ccccc3-4)cc2)cc1. The number of nitrogens with zero attached hydrogens (tertiary/aromatic N) is 1. The van der Waals surface area contributed by atoms with Crippen LogP contribution in [0.5, 0.6) is 11.5 Å². The minimum absolute atomic E-state index is 0.122. The van der Waals surface area contributed by atoms with Crippen molar-refractivity contribution in [1.82, 2.24) is 15.5 Å². The van der Waals surface area contributed by atoms with E-state index >= 15 is 0 Å². The van der Waals surface area contributed by atoms with E-state index in [1.807, 2.05) is 79.7 Å². The first-order valence-electron chi connectivity index (χ1n) is 10.5. The highest BCUT2D eigenvalue weighted by Gasteiger charge is 2.23. The maximum atomic E-state index is 12.7. The molecular formula is C26H23N3O3. The number of benzene rings is 3. The van der Waals surface area contributed by atoms with Gasteiger partial charge in [0.1, 0.15) is 18.1 Å². The van der Waals surface area contributed by atoms with Crippen LogP contribution in [0.15, 0.2) is 72.8 Å². The van der Waals surface area contributed by atoms with Gasteiger partial charge in [0.05, 0.1) is 24.5 Å². The molecule has 5 rings (SSSR count). The summed E-state index contributed by atoms with van der Waals surface area (Å²) in [5.41, 5.74) is 6.40. The monoisotopic (exact) mass is 425 g/mol. The van der Waals surface area contributed by atoms with Crippen molar-refractivity contribution in [2.45, 2.75) is 19.6 Å². The molecule has 6 heteroatoms. The fraction of sp³-hybridized carbons (Fsp3) is 0.154. The predicted octanol–water partition coefficient (Wildman–Crippen LogP) is 5.14. The van der Waals surface area contributed by atoms with Crippen LogP contribution in [-0.4, -0.2) is 23.2 Å². The molecule has 1 amide bonds. The van der Waals surface area contributed by atoms with Gasteiger partial charge in [-0.2, -0.15) is 5.10 Å². The van der Waals surface area contributed by atoms with E-state index in [4.69, 9.17) is 9.47 Å². The number of carbonyl (C=O) groups is 1. The van der Waals surface area contributed by atoms with E-state index in [1.165, 1.54) is 0 Å². The smallest absolute Gasteiger partial charge is 0.251 e. The zero-order valence-electron chi connectivity index (χ0n) is 17.9. The van der Waals surface area contributed by atoms with Crippen LogP contribution in [0.3, 0.4) is 0 Å². The van der Waals surface area contributed by atoms with Gasteiger partial charge in [0.15, 0.2) is 0 Å². The van der Waals surface area contributed by atoms with Gasteiger partial charge in [-0.25, -0.2) is 0 Å². The zero-order chi connectivity index (χ0) is 22.1. The molecule has 1 atom stereocenters. The summed E-state index contributed by atoms with van der Waals surface area (Å²) in [5, 5.41) is 10.7. The van der Waals surface area contributed by atoms with E-state index in [-0.39, 0.29) is 11.9 Å². The van der Waals surface area contributed by atoms with Crippen LogP contribution < -0.4 is 14.8 Å². The molecule has 6 nitrogen and oxygen atoms in total. The first kappa shape index (κ1) is 19.9. The van der Waals surface area contributed by atoms with Crippen molar-refractivity contribution in [2.24, 2.45) is 0 Å². The summed E-state index contributed by atoms with van der Waals surface area (Å²) in [7, 11) is 1.63. The van der Waals surface area contributed by atoms with Gasteiger partial charge in [-0.3, -0.25) is 9.89 Å². The number of aromatic amines is 1. The number of methoxy groups -OCH3 is 1. The molecule has 2 heterocycles. The van der Waals surface area contributed by atoms with Crippen molar-refractivity contribution >= 4 is 5.91 Å². The summed E-state index contributed by atoms with van der Waals surface area (Å²) in [6.45, 7) is 2.42. The fourth-order valence-corrected chi connectivity index (χ4v) is 3.95. The Morgan fingerprint density at radius 1 is 1.06 bits per heavy atom. The summed E-state index contributed by atoms with van der Waals surface area (Å²) < 4.78 is 11.1. The highest BCUT2D eigenvalue weighted by Crippen LogP contribution is 2.39. The third-order valence-corrected chi connectivity index (χ3v) is 5.78. The molecule has 0 bridgehead atoms. The van der Waals surface area contributed by atoms with Crippen molar-refractivity contribution in [3.05, 3.63) is 89.5 Å². The summed E-state index contributed by atoms with van der Waals surface area (Å²) in [6, 6.07) is 23.0. The second-order valence-electron chi connectivity index (χ2n) is 7.76. The molecular weight excluding hydrogens is 402 g/mol. The Kier molecular flexibility index (Phi) is 5.11. The average molecular weight is 425 g/mol. The van der Waals surface area contributed by atoms with Crippen molar-refractivity contribution < 1.29 is 14.3 Å². The van der Waals surface area contributed by atoms with Crippen LogP contribution >= 0.6 is 0 Å². The number of nitrogens with one attached hydrogen (secondary N) is 2. The molecule has 1 aliphatic heterocycles. The number of amides is 1. The molecule has 1 aliphatic rings. The maximum Gasteiger partial charge on any atom is 0.251 e. The third-order valence-electron chi connectivity index (χ3n) is 5.78. The first-order chi connectivity index (χ1) is 15.6. The van der Waals surface area contributed by atoms with E-state index in [1.54, 1.807) is 7.11 Å². The van der Waals surface area contributed by atoms with E-state index < -0.39 is 0 Å². The van der Waals surface area contributed by atoms with Crippen molar-refractivity contribution in [3.63, 3.8) is 0 Å². The topological polar surface area (TPSA) is 76.2 Å². The second-order valence-corrected chi connectivity index (χ2v) is 7.76. The lowest BCUT2D eigenvalue weighted by molar-refractivity contribution is 0.0940. The van der Waals surface area contributed by atoms with E-state index in [0.717, 1.165) is 45.1 Å². The van der Waals surface area contributed by atoms with E-state index in [9.17, 15) is 4.79 Å². The number of carbonyl (C=O) groups excluding carboxylic acids is 1. The predicted molar refractivity (Wildman–Crippen MR) is 123 cm³/mol. The van der Waals surface area contributed by atoms with Crippen molar-refractivity contribution in [1.29, 1.82) is 0 Å². The Bertz CT molecular complexity index is 1260. The zero-order valence-corrected chi connectivity index (χ0v) is 17.9. The van der Waals surface area contributed by atoms with Gasteiger partial charge in [0.2, 0.25) is 0 Å². The number of para-hydroxylation sites is 1. The highest BCUT2D eigenvalue weighted by atomic mass is 16.5. The highest BCUT2D eigenvalue weighted by molar-refractivity contribution is 5.95. The summed E-state index contributed by atoms with van der Waals surface area (Å²) in [5.74, 6) is 1.52. The van der Waals surface area contributed by atoms with Crippen LogP contribution in [0.2, 0.25) is 0 Å². The van der Waals surface area contributed by atoms with Crippen LogP contribution in [-0.2, 0) is 6.61 Å². The number of aromatic nitrogens is 2. The van der Waals surface area contributed by atoms with Gasteiger partial charge < -0.3 is 14.8 Å². The Labute approximate surface area is 186 Å². The number of hydrogen-bond acceptors (Lipinski definition) is 4. The molecule has 0 aliphatic carbocycles. The van der Waals surface area contributed by atoms with Gasteiger partial charge in [0.25, 0.3) is 5.91 Å². The lowest BCUT2D eigenvalue weighted by atomic mass is 9.99. The van der Waals surface area contributed by atoms with Gasteiger partial charge in [-0.1, -0.05) is 36.4 Å². The summed E-state index contributed by atoms with van der Waals surface area (Å²) >= 11 is 0. The minimum atomic E-state index is -0.124. The lowest BCUT2D eigenvalue weighted by Crippen LogP contribution is -2.26. The Morgan fingerprint density at radius 3 is 2.56 bits per heavy atom. The molecule has 0 unspecified atom stereocenters. The van der Waals surface area contributed by atoms with Gasteiger partial charge in [-0.15, -0.1) is 0 Å². The molecule has 0 fully saturated rings. The van der Waals surface area contributed by atoms with Crippen molar-refractivity contribution in [2.75, 3.05) is 7.11 Å². The number of fused-ring (bicyclic) bond motifs is 3. The van der Waals surface area contributed by atoms with Gasteiger partial charge >= 0.3 is 0 Å².